The molecule has 0 fully saturated rings. The van der Waals surface area contributed by atoms with Crippen molar-refractivity contribution < 1.29 is 33.8 Å². The first-order chi connectivity index (χ1) is 17.7. The molecule has 0 saturated carbocycles. The molecule has 0 bridgehead atoms. The zero-order valence-electron chi connectivity index (χ0n) is 20.5. The van der Waals surface area contributed by atoms with Gasteiger partial charge in [-0.25, -0.2) is 0 Å². The van der Waals surface area contributed by atoms with Crippen molar-refractivity contribution in [2.45, 2.75) is 38.6 Å². The second-order valence-electron chi connectivity index (χ2n) is 8.77. The number of Topliss-reactive ketones (excluding diaryl/α,β-unsaturated/α-hetero) is 2. The predicted molar refractivity (Wildman–Crippen MR) is 137 cm³/mol. The number of carbonyl (C=O) groups excluding carboxylic acids is 4. The lowest BCUT2D eigenvalue weighted by atomic mass is 9.81. The van der Waals surface area contributed by atoms with Crippen molar-refractivity contribution in [3.63, 3.8) is 0 Å². The molecule has 2 atom stereocenters. The summed E-state index contributed by atoms with van der Waals surface area (Å²) >= 11 is 0. The quantitative estimate of drug-likeness (QED) is 0.448. The van der Waals surface area contributed by atoms with Gasteiger partial charge in [-0.2, -0.15) is 0 Å². The Morgan fingerprint density at radius 1 is 0.946 bits per heavy atom. The zero-order valence-corrected chi connectivity index (χ0v) is 20.5. The largest absolute Gasteiger partial charge is 0.481 e. The number of ketones is 2. The predicted octanol–water partition coefficient (Wildman–Crippen LogP) is 3.75. The van der Waals surface area contributed by atoms with E-state index in [9.17, 15) is 24.0 Å². The van der Waals surface area contributed by atoms with E-state index >= 15 is 0 Å². The molecular formula is C29H29NO7. The number of amides is 1. The van der Waals surface area contributed by atoms with Gasteiger partial charge in [0.05, 0.1) is 6.42 Å². The molecule has 0 aliphatic heterocycles. The van der Waals surface area contributed by atoms with Gasteiger partial charge in [0.15, 0.2) is 18.2 Å². The van der Waals surface area contributed by atoms with E-state index in [2.05, 4.69) is 58.6 Å². The van der Waals surface area contributed by atoms with Crippen LogP contribution in [-0.4, -0.2) is 47.2 Å². The minimum atomic E-state index is -1.32. The van der Waals surface area contributed by atoms with E-state index < -0.39 is 48.6 Å². The average Bonchev–Trinajstić information content (AvgIpc) is 2.89. The van der Waals surface area contributed by atoms with E-state index in [-0.39, 0.29) is 12.2 Å². The first-order valence-corrected chi connectivity index (χ1v) is 12.0. The minimum Gasteiger partial charge on any atom is -0.481 e. The van der Waals surface area contributed by atoms with Crippen LogP contribution in [0.2, 0.25) is 0 Å². The van der Waals surface area contributed by atoms with Gasteiger partial charge < -0.3 is 15.2 Å². The van der Waals surface area contributed by atoms with Gasteiger partial charge in [-0.1, -0.05) is 72.8 Å². The fraction of sp³-hybridized carbons (Fsp3) is 0.276. The summed E-state index contributed by atoms with van der Waals surface area (Å²) in [6, 6.07) is 22.6. The molecule has 0 aromatic heterocycles. The van der Waals surface area contributed by atoms with Crippen molar-refractivity contribution in [3.8, 4) is 0 Å². The van der Waals surface area contributed by atoms with Crippen LogP contribution in [0.15, 0.2) is 72.8 Å². The number of rotatable bonds is 8. The molecule has 1 aliphatic carbocycles. The molecule has 1 amide bonds. The monoisotopic (exact) mass is 503 g/mol. The smallest absolute Gasteiger partial charge is 0.305 e. The Morgan fingerprint density at radius 2 is 1.51 bits per heavy atom. The summed E-state index contributed by atoms with van der Waals surface area (Å²) in [4.78, 5) is 58.6. The van der Waals surface area contributed by atoms with Crippen LogP contribution in [0.25, 0.3) is 10.8 Å². The molecular weight excluding hydrogens is 474 g/mol. The summed E-state index contributed by atoms with van der Waals surface area (Å²) in [6.45, 7) is 0.494. The van der Waals surface area contributed by atoms with Gasteiger partial charge in [-0.15, -0.1) is 0 Å². The van der Waals surface area contributed by atoms with E-state index in [1.807, 2.05) is 12.1 Å². The maximum absolute atomic E-state index is 12.5. The normalized spacial score (nSPS) is 14.9. The van der Waals surface area contributed by atoms with Gasteiger partial charge in [-0.05, 0) is 29.2 Å². The molecule has 0 spiro atoms. The third-order valence-electron chi connectivity index (χ3n) is 6.03. The van der Waals surface area contributed by atoms with Crippen LogP contribution < -0.4 is 5.32 Å². The number of hydrogen-bond acceptors (Lipinski definition) is 6. The second-order valence-corrected chi connectivity index (χ2v) is 8.77. The molecule has 3 aromatic rings. The number of aryl methyl sites for hydroxylation is 1. The number of aliphatic carboxylic acids is 1. The Balaban J connectivity index is 0.000000313. The molecule has 3 aromatic carbocycles. The molecule has 4 rings (SSSR count). The van der Waals surface area contributed by atoms with Crippen molar-refractivity contribution in [3.05, 3.63) is 83.9 Å². The summed E-state index contributed by atoms with van der Waals surface area (Å²) in [5.74, 6) is -3.92. The minimum absolute atomic E-state index is 0.131. The van der Waals surface area contributed by atoms with E-state index in [1.54, 1.807) is 12.1 Å². The number of carboxylic acid groups (broad SMARTS) is 1. The number of carboxylic acids is 1. The standard InChI is InChI=1S/C19H21NO7.C10H8/c1-11(21)27-10-16(22)15(9-18(24)25)20-17(23)8-13-7-6-12-4-2-3-5-14(12)19(13)26;1-2-6-10-8-4-3-7-9(10)5-1/h2-5,13,15H,6-10H2,1H3,(H,20,23)(H,24,25);1-8H. The van der Waals surface area contributed by atoms with Crippen LogP contribution in [0.3, 0.4) is 0 Å². The molecule has 0 saturated heterocycles. The van der Waals surface area contributed by atoms with E-state index in [0.29, 0.717) is 18.4 Å². The Bertz CT molecular complexity index is 1230. The third kappa shape index (κ3) is 8.10. The van der Waals surface area contributed by atoms with Gasteiger partial charge in [0.1, 0.15) is 6.04 Å². The van der Waals surface area contributed by atoms with Crippen LogP contribution in [0.4, 0.5) is 0 Å². The molecule has 0 heterocycles. The molecule has 2 N–H and O–H groups in total. The highest BCUT2D eigenvalue weighted by molar-refractivity contribution is 6.02. The van der Waals surface area contributed by atoms with E-state index in [1.165, 1.54) is 10.8 Å². The first-order valence-electron chi connectivity index (χ1n) is 12.0. The molecule has 8 nitrogen and oxygen atoms in total. The van der Waals surface area contributed by atoms with E-state index in [4.69, 9.17) is 5.11 Å². The summed E-state index contributed by atoms with van der Waals surface area (Å²) in [5, 5.41) is 13.9. The topological polar surface area (TPSA) is 127 Å². The fourth-order valence-corrected chi connectivity index (χ4v) is 4.16. The number of nitrogens with one attached hydrogen (secondary N) is 1. The number of benzene rings is 3. The molecule has 2 unspecified atom stereocenters. The zero-order chi connectivity index (χ0) is 26.8. The number of carbonyl (C=O) groups is 5. The molecule has 192 valence electrons. The van der Waals surface area contributed by atoms with Gasteiger partial charge in [0.25, 0.3) is 0 Å². The molecule has 37 heavy (non-hydrogen) atoms. The summed E-state index contributed by atoms with van der Waals surface area (Å²) in [7, 11) is 0. The summed E-state index contributed by atoms with van der Waals surface area (Å²) < 4.78 is 4.57. The SMILES string of the molecule is CC(=O)OCC(=O)C(CC(=O)O)NC(=O)CC1CCc2ccccc2C1=O.c1ccc2ccccc2c1. The highest BCUT2D eigenvalue weighted by atomic mass is 16.5. The maximum atomic E-state index is 12.5. The number of esters is 1. The number of fused-ring (bicyclic) bond motifs is 2. The lowest BCUT2D eigenvalue weighted by Gasteiger charge is -2.23. The lowest BCUT2D eigenvalue weighted by molar-refractivity contribution is -0.147. The van der Waals surface area contributed by atoms with Crippen molar-refractivity contribution in [1.82, 2.24) is 5.32 Å². The Hall–Kier alpha value is -4.33. The van der Waals surface area contributed by atoms with Gasteiger partial charge in [-0.3, -0.25) is 24.0 Å². The highest BCUT2D eigenvalue weighted by Crippen LogP contribution is 2.27. The van der Waals surface area contributed by atoms with Crippen molar-refractivity contribution >= 4 is 40.2 Å². The third-order valence-corrected chi connectivity index (χ3v) is 6.03. The van der Waals surface area contributed by atoms with Gasteiger partial charge in [0, 0.05) is 24.8 Å². The van der Waals surface area contributed by atoms with Crippen molar-refractivity contribution in [2.24, 2.45) is 5.92 Å². The first kappa shape index (κ1) is 27.3. The lowest BCUT2D eigenvalue weighted by Crippen LogP contribution is -2.45. The van der Waals surface area contributed by atoms with E-state index in [0.717, 1.165) is 12.5 Å². The summed E-state index contributed by atoms with van der Waals surface area (Å²) in [5.41, 5.74) is 1.54. The number of ether oxygens (including phenoxy) is 1. The second kappa shape index (κ2) is 13.1. The van der Waals surface area contributed by atoms with Crippen LogP contribution in [0.1, 0.15) is 42.1 Å². The Labute approximate surface area is 214 Å². The summed E-state index contributed by atoms with van der Waals surface area (Å²) in [6.07, 6.45) is 0.412. The highest BCUT2D eigenvalue weighted by Gasteiger charge is 2.31. The molecule has 8 heteroatoms. The van der Waals surface area contributed by atoms with Gasteiger partial charge >= 0.3 is 11.9 Å². The Morgan fingerprint density at radius 3 is 2.08 bits per heavy atom. The van der Waals surface area contributed by atoms with Gasteiger partial charge in [0.2, 0.25) is 5.91 Å². The fourth-order valence-electron chi connectivity index (χ4n) is 4.16. The van der Waals surface area contributed by atoms with Crippen LogP contribution >= 0.6 is 0 Å². The van der Waals surface area contributed by atoms with Crippen molar-refractivity contribution in [2.75, 3.05) is 6.61 Å². The number of hydrogen-bond donors (Lipinski definition) is 2. The molecule has 1 aliphatic rings. The molecule has 0 radical (unpaired) electrons. The van der Waals surface area contributed by atoms with Crippen LogP contribution in [0, 0.1) is 5.92 Å². The van der Waals surface area contributed by atoms with Crippen LogP contribution in [0.5, 0.6) is 0 Å². The Kier molecular flexibility index (Phi) is 9.66. The average molecular weight is 504 g/mol. The van der Waals surface area contributed by atoms with Crippen molar-refractivity contribution in [1.29, 1.82) is 0 Å². The maximum Gasteiger partial charge on any atom is 0.305 e. The van der Waals surface area contributed by atoms with Crippen LogP contribution in [-0.2, 0) is 30.3 Å².